The van der Waals surface area contributed by atoms with E-state index in [1.807, 2.05) is 0 Å². The lowest BCUT2D eigenvalue weighted by Gasteiger charge is -2.10. The highest BCUT2D eigenvalue weighted by Gasteiger charge is 2.16. The third kappa shape index (κ3) is 6.49. The molecular formula is C21H18Cl3N5O2S. The highest BCUT2D eigenvalue weighted by molar-refractivity contribution is 7.99. The number of rotatable bonds is 9. The van der Waals surface area contributed by atoms with Crippen LogP contribution in [0, 0.1) is 0 Å². The minimum atomic E-state index is -0.322. The molecule has 1 heterocycles. The fourth-order valence-electron chi connectivity index (χ4n) is 2.72. The average Bonchev–Trinajstić information content (AvgIpc) is 3.12. The summed E-state index contributed by atoms with van der Waals surface area (Å²) < 4.78 is 1.77. The van der Waals surface area contributed by atoms with Gasteiger partial charge in [-0.3, -0.25) is 9.59 Å². The van der Waals surface area contributed by atoms with Gasteiger partial charge in [-0.05, 0) is 30.3 Å². The molecule has 1 aromatic heterocycles. The lowest BCUT2D eigenvalue weighted by molar-refractivity contribution is -0.113. The van der Waals surface area contributed by atoms with Gasteiger partial charge in [-0.1, -0.05) is 64.8 Å². The lowest BCUT2D eigenvalue weighted by atomic mass is 10.2. The topological polar surface area (TPSA) is 88.9 Å². The zero-order chi connectivity index (χ0) is 23.1. The van der Waals surface area contributed by atoms with Gasteiger partial charge in [0.05, 0.1) is 22.9 Å². The zero-order valence-electron chi connectivity index (χ0n) is 16.6. The van der Waals surface area contributed by atoms with Gasteiger partial charge in [-0.15, -0.1) is 16.8 Å². The molecular weight excluding hydrogens is 493 g/mol. The van der Waals surface area contributed by atoms with E-state index in [4.69, 9.17) is 34.8 Å². The van der Waals surface area contributed by atoms with Crippen LogP contribution >= 0.6 is 46.6 Å². The van der Waals surface area contributed by atoms with E-state index in [0.717, 1.165) is 0 Å². The molecule has 2 aromatic carbocycles. The number of aromatic nitrogens is 3. The van der Waals surface area contributed by atoms with Crippen LogP contribution in [0.2, 0.25) is 15.1 Å². The Morgan fingerprint density at radius 3 is 2.50 bits per heavy atom. The van der Waals surface area contributed by atoms with E-state index in [1.54, 1.807) is 53.1 Å². The van der Waals surface area contributed by atoms with Crippen molar-refractivity contribution in [3.63, 3.8) is 0 Å². The van der Waals surface area contributed by atoms with Crippen LogP contribution in [0.5, 0.6) is 0 Å². The Morgan fingerprint density at radius 2 is 1.81 bits per heavy atom. The number of hydrogen-bond donors (Lipinski definition) is 2. The van der Waals surface area contributed by atoms with E-state index in [1.165, 1.54) is 11.8 Å². The molecule has 11 heteroatoms. The number of amides is 2. The monoisotopic (exact) mass is 509 g/mol. The van der Waals surface area contributed by atoms with Crippen molar-refractivity contribution < 1.29 is 9.59 Å². The van der Waals surface area contributed by atoms with Crippen molar-refractivity contribution in [1.29, 1.82) is 0 Å². The van der Waals surface area contributed by atoms with Crippen molar-refractivity contribution in [2.45, 2.75) is 18.2 Å². The smallest absolute Gasteiger partial charge is 0.253 e. The SMILES string of the molecule is C=CCn1c(CNC(=O)c2ccccc2Cl)nnc1SCC(=O)Nc1cc(Cl)cc(Cl)c1. The average molecular weight is 511 g/mol. The number of benzene rings is 2. The molecule has 0 fully saturated rings. The number of carbonyl (C=O) groups excluding carboxylic acids is 2. The van der Waals surface area contributed by atoms with E-state index in [-0.39, 0.29) is 24.1 Å². The Labute approximate surface area is 204 Å². The molecule has 0 atom stereocenters. The van der Waals surface area contributed by atoms with Crippen LogP contribution in [-0.4, -0.2) is 32.3 Å². The number of nitrogens with zero attached hydrogens (tertiary/aromatic N) is 3. The molecule has 2 N–H and O–H groups in total. The Balaban J connectivity index is 1.62. The van der Waals surface area contributed by atoms with Crippen LogP contribution in [0.1, 0.15) is 16.2 Å². The maximum absolute atomic E-state index is 12.4. The van der Waals surface area contributed by atoms with E-state index in [2.05, 4.69) is 27.4 Å². The molecule has 0 spiro atoms. The van der Waals surface area contributed by atoms with Gasteiger partial charge in [0.15, 0.2) is 11.0 Å². The summed E-state index contributed by atoms with van der Waals surface area (Å²) in [5.41, 5.74) is 0.875. The van der Waals surface area contributed by atoms with Gasteiger partial charge >= 0.3 is 0 Å². The van der Waals surface area contributed by atoms with Crippen molar-refractivity contribution in [1.82, 2.24) is 20.1 Å². The molecule has 3 aromatic rings. The molecule has 0 radical (unpaired) electrons. The summed E-state index contributed by atoms with van der Waals surface area (Å²) in [6.45, 7) is 4.30. The van der Waals surface area contributed by atoms with Crippen LogP contribution in [0.4, 0.5) is 5.69 Å². The second-order valence-electron chi connectivity index (χ2n) is 6.46. The number of carbonyl (C=O) groups is 2. The molecule has 0 saturated heterocycles. The molecule has 3 rings (SSSR count). The first kappa shape index (κ1) is 24.1. The van der Waals surface area contributed by atoms with Crippen molar-refractivity contribution >= 4 is 64.1 Å². The zero-order valence-corrected chi connectivity index (χ0v) is 19.7. The molecule has 2 amide bonds. The summed E-state index contributed by atoms with van der Waals surface area (Å²) in [6, 6.07) is 11.6. The molecule has 0 aliphatic rings. The molecule has 0 aliphatic heterocycles. The summed E-state index contributed by atoms with van der Waals surface area (Å²) in [4.78, 5) is 24.7. The highest BCUT2D eigenvalue weighted by Crippen LogP contribution is 2.23. The minimum absolute atomic E-state index is 0.0887. The third-order valence-electron chi connectivity index (χ3n) is 4.11. The predicted octanol–water partition coefficient (Wildman–Crippen LogP) is 5.09. The summed E-state index contributed by atoms with van der Waals surface area (Å²) in [5.74, 6) is 0.0354. The minimum Gasteiger partial charge on any atom is -0.345 e. The molecule has 0 unspecified atom stereocenters. The van der Waals surface area contributed by atoms with Crippen molar-refractivity contribution in [3.05, 3.63) is 81.6 Å². The summed E-state index contributed by atoms with van der Waals surface area (Å²) in [6.07, 6.45) is 1.68. The van der Waals surface area contributed by atoms with Crippen molar-refractivity contribution in [2.24, 2.45) is 0 Å². The van der Waals surface area contributed by atoms with Gasteiger partial charge in [0.1, 0.15) is 0 Å². The molecule has 166 valence electrons. The van der Waals surface area contributed by atoms with Crippen LogP contribution in [0.15, 0.2) is 60.3 Å². The van der Waals surface area contributed by atoms with Crippen LogP contribution in [0.3, 0.4) is 0 Å². The van der Waals surface area contributed by atoms with Crippen molar-refractivity contribution in [2.75, 3.05) is 11.1 Å². The number of halogens is 3. The lowest BCUT2D eigenvalue weighted by Crippen LogP contribution is -2.25. The van der Waals surface area contributed by atoms with Gasteiger partial charge in [0.25, 0.3) is 5.91 Å². The first-order valence-corrected chi connectivity index (χ1v) is 11.4. The maximum atomic E-state index is 12.4. The fourth-order valence-corrected chi connectivity index (χ4v) is 4.24. The molecule has 7 nitrogen and oxygen atoms in total. The largest absolute Gasteiger partial charge is 0.345 e. The van der Waals surface area contributed by atoms with Crippen LogP contribution in [0.25, 0.3) is 0 Å². The summed E-state index contributed by atoms with van der Waals surface area (Å²) in [7, 11) is 0. The predicted molar refractivity (Wildman–Crippen MR) is 129 cm³/mol. The van der Waals surface area contributed by atoms with Gasteiger partial charge in [0.2, 0.25) is 5.91 Å². The van der Waals surface area contributed by atoms with Crippen LogP contribution in [-0.2, 0) is 17.9 Å². The highest BCUT2D eigenvalue weighted by atomic mass is 35.5. The number of hydrogen-bond acceptors (Lipinski definition) is 5. The summed E-state index contributed by atoms with van der Waals surface area (Å²) >= 11 is 19.2. The number of anilines is 1. The Hall–Kier alpha value is -2.52. The Morgan fingerprint density at radius 1 is 1.09 bits per heavy atom. The van der Waals surface area contributed by atoms with Crippen molar-refractivity contribution in [3.8, 4) is 0 Å². The Kier molecular flexibility index (Phi) is 8.58. The van der Waals surface area contributed by atoms with Gasteiger partial charge in [-0.2, -0.15) is 0 Å². The Bertz CT molecular complexity index is 1130. The first-order valence-electron chi connectivity index (χ1n) is 9.32. The third-order valence-corrected chi connectivity index (χ3v) is 5.84. The van der Waals surface area contributed by atoms with E-state index in [9.17, 15) is 9.59 Å². The second kappa shape index (κ2) is 11.4. The number of nitrogens with one attached hydrogen (secondary N) is 2. The molecule has 0 aliphatic carbocycles. The van der Waals surface area contributed by atoms with Gasteiger partial charge in [0, 0.05) is 22.3 Å². The summed E-state index contributed by atoms with van der Waals surface area (Å²) in [5, 5.41) is 15.5. The van der Waals surface area contributed by atoms with Gasteiger partial charge in [-0.25, -0.2) is 0 Å². The quantitative estimate of drug-likeness (QED) is 0.309. The molecule has 0 saturated carbocycles. The maximum Gasteiger partial charge on any atom is 0.253 e. The molecule has 32 heavy (non-hydrogen) atoms. The number of allylic oxidation sites excluding steroid dienone is 1. The standard InChI is InChI=1S/C21H18Cl3N5O2S/c1-2-7-29-18(11-25-20(31)16-5-3-4-6-17(16)24)27-28-21(29)32-12-19(30)26-15-9-13(22)8-14(23)10-15/h2-6,8-10H,1,7,11-12H2,(H,25,31)(H,26,30). The normalized spacial score (nSPS) is 10.6. The van der Waals surface area contributed by atoms with E-state index >= 15 is 0 Å². The van der Waals surface area contributed by atoms with E-state index in [0.29, 0.717) is 43.8 Å². The fraction of sp³-hybridized carbons (Fsp3) is 0.143. The van der Waals surface area contributed by atoms with Crippen LogP contribution < -0.4 is 10.6 Å². The first-order chi connectivity index (χ1) is 15.4. The number of thioether (sulfide) groups is 1. The second-order valence-corrected chi connectivity index (χ2v) is 8.68. The molecule has 0 bridgehead atoms. The van der Waals surface area contributed by atoms with E-state index < -0.39 is 0 Å². The van der Waals surface area contributed by atoms with Gasteiger partial charge < -0.3 is 15.2 Å².